The van der Waals surface area contributed by atoms with Crippen LogP contribution in [0.3, 0.4) is 0 Å². The van der Waals surface area contributed by atoms with Crippen molar-refractivity contribution in [1.29, 1.82) is 0 Å². The summed E-state index contributed by atoms with van der Waals surface area (Å²) in [6, 6.07) is 0.130. The quantitative estimate of drug-likeness (QED) is 0.698. The number of carbonyl (C=O) groups excluding carboxylic acids is 1. The molecule has 0 aliphatic heterocycles. The van der Waals surface area contributed by atoms with E-state index in [0.717, 1.165) is 6.42 Å². The van der Waals surface area contributed by atoms with Gasteiger partial charge in [-0.15, -0.1) is 0 Å². The van der Waals surface area contributed by atoms with E-state index in [9.17, 15) is 9.00 Å². The van der Waals surface area contributed by atoms with Crippen molar-refractivity contribution in [1.82, 2.24) is 5.32 Å². The molecule has 0 aromatic rings. The average molecular weight is 234 g/mol. The second-order valence-corrected chi connectivity index (χ2v) is 6.00. The molecule has 0 fully saturated rings. The van der Waals surface area contributed by atoms with Gasteiger partial charge in [-0.1, -0.05) is 6.92 Å². The van der Waals surface area contributed by atoms with Gasteiger partial charge in [-0.3, -0.25) is 9.00 Å². The molecule has 4 nitrogen and oxygen atoms in total. The summed E-state index contributed by atoms with van der Waals surface area (Å²) < 4.78 is 11.8. The van der Waals surface area contributed by atoms with E-state index in [0.29, 0.717) is 6.54 Å². The summed E-state index contributed by atoms with van der Waals surface area (Å²) in [6.07, 6.45) is 0.873. The lowest BCUT2D eigenvalue weighted by Gasteiger charge is -2.18. The van der Waals surface area contributed by atoms with Gasteiger partial charge in [-0.2, -0.15) is 0 Å². The SMILES string of the molecule is CCC(C)NC(=O)C(C)S(=O)C(C)CN. The molecule has 0 aromatic heterocycles. The van der Waals surface area contributed by atoms with Gasteiger partial charge in [0.2, 0.25) is 5.91 Å². The van der Waals surface area contributed by atoms with Gasteiger partial charge >= 0.3 is 0 Å². The summed E-state index contributed by atoms with van der Waals surface area (Å²) in [5.41, 5.74) is 5.41. The molecule has 15 heavy (non-hydrogen) atoms. The second kappa shape index (κ2) is 6.95. The highest BCUT2D eigenvalue weighted by atomic mass is 32.2. The average Bonchev–Trinajstić information content (AvgIpc) is 2.25. The van der Waals surface area contributed by atoms with Crippen LogP contribution in [-0.2, 0) is 15.6 Å². The van der Waals surface area contributed by atoms with Crippen molar-refractivity contribution in [3.8, 4) is 0 Å². The van der Waals surface area contributed by atoms with Gasteiger partial charge < -0.3 is 11.1 Å². The summed E-state index contributed by atoms with van der Waals surface area (Å²) in [7, 11) is -1.20. The van der Waals surface area contributed by atoms with Crippen molar-refractivity contribution in [2.75, 3.05) is 6.54 Å². The van der Waals surface area contributed by atoms with E-state index in [-0.39, 0.29) is 17.2 Å². The van der Waals surface area contributed by atoms with Crippen LogP contribution in [0.5, 0.6) is 0 Å². The summed E-state index contributed by atoms with van der Waals surface area (Å²) >= 11 is 0. The third-order valence-electron chi connectivity index (χ3n) is 2.45. The third kappa shape index (κ3) is 4.75. The van der Waals surface area contributed by atoms with Crippen LogP contribution >= 0.6 is 0 Å². The Bertz CT molecular complexity index is 233. The minimum absolute atomic E-state index is 0.130. The van der Waals surface area contributed by atoms with Gasteiger partial charge in [0.15, 0.2) is 0 Å². The van der Waals surface area contributed by atoms with E-state index in [2.05, 4.69) is 5.32 Å². The topological polar surface area (TPSA) is 72.2 Å². The Morgan fingerprint density at radius 1 is 1.40 bits per heavy atom. The van der Waals surface area contributed by atoms with Gasteiger partial charge in [0.05, 0.1) is 0 Å². The largest absolute Gasteiger partial charge is 0.353 e. The lowest BCUT2D eigenvalue weighted by Crippen LogP contribution is -2.43. The van der Waals surface area contributed by atoms with Gasteiger partial charge in [0, 0.05) is 28.6 Å². The van der Waals surface area contributed by atoms with Crippen LogP contribution in [0, 0.1) is 0 Å². The summed E-state index contributed by atoms with van der Waals surface area (Å²) in [5.74, 6) is -0.150. The first-order chi connectivity index (χ1) is 6.93. The zero-order chi connectivity index (χ0) is 12.0. The van der Waals surface area contributed by atoms with E-state index in [1.807, 2.05) is 13.8 Å². The van der Waals surface area contributed by atoms with Crippen molar-refractivity contribution in [3.63, 3.8) is 0 Å². The lowest BCUT2D eigenvalue weighted by molar-refractivity contribution is -0.121. The molecule has 0 rings (SSSR count). The van der Waals surface area contributed by atoms with E-state index >= 15 is 0 Å². The molecule has 1 amide bonds. The van der Waals surface area contributed by atoms with E-state index in [1.165, 1.54) is 0 Å². The zero-order valence-electron chi connectivity index (χ0n) is 9.95. The maximum absolute atomic E-state index is 11.8. The van der Waals surface area contributed by atoms with Crippen LogP contribution < -0.4 is 11.1 Å². The van der Waals surface area contributed by atoms with Gasteiger partial charge in [-0.25, -0.2) is 0 Å². The molecule has 4 unspecified atom stereocenters. The Morgan fingerprint density at radius 2 is 1.93 bits per heavy atom. The van der Waals surface area contributed by atoms with Crippen molar-refractivity contribution in [2.24, 2.45) is 5.73 Å². The molecular formula is C10H22N2O2S. The highest BCUT2D eigenvalue weighted by Gasteiger charge is 2.24. The number of hydrogen-bond acceptors (Lipinski definition) is 3. The molecule has 0 aliphatic rings. The molecule has 0 saturated heterocycles. The van der Waals surface area contributed by atoms with Crippen LogP contribution in [0.2, 0.25) is 0 Å². The van der Waals surface area contributed by atoms with E-state index in [4.69, 9.17) is 5.73 Å². The molecule has 0 radical (unpaired) electrons. The first kappa shape index (κ1) is 14.6. The smallest absolute Gasteiger partial charge is 0.235 e. The Balaban J connectivity index is 4.25. The van der Waals surface area contributed by atoms with E-state index < -0.39 is 16.0 Å². The fourth-order valence-electron chi connectivity index (χ4n) is 1.01. The number of nitrogens with two attached hydrogens (primary N) is 1. The van der Waals surface area contributed by atoms with Crippen LogP contribution in [0.1, 0.15) is 34.1 Å². The number of rotatable bonds is 6. The zero-order valence-corrected chi connectivity index (χ0v) is 10.8. The molecule has 4 atom stereocenters. The molecule has 0 spiro atoms. The highest BCUT2D eigenvalue weighted by Crippen LogP contribution is 2.04. The second-order valence-electron chi connectivity index (χ2n) is 3.83. The molecule has 0 heterocycles. The highest BCUT2D eigenvalue weighted by molar-refractivity contribution is 7.87. The maximum atomic E-state index is 11.8. The fourth-order valence-corrected chi connectivity index (χ4v) is 2.18. The minimum atomic E-state index is -1.20. The Morgan fingerprint density at radius 3 is 2.33 bits per heavy atom. The fraction of sp³-hybridized carbons (Fsp3) is 0.900. The number of nitrogens with one attached hydrogen (secondary N) is 1. The number of hydrogen-bond donors (Lipinski definition) is 2. The van der Waals surface area contributed by atoms with Crippen molar-refractivity contribution in [2.45, 2.75) is 50.7 Å². The third-order valence-corrected chi connectivity index (χ3v) is 4.34. The molecule has 0 aliphatic carbocycles. The van der Waals surface area contributed by atoms with Gasteiger partial charge in [0.1, 0.15) is 5.25 Å². The van der Waals surface area contributed by atoms with E-state index in [1.54, 1.807) is 13.8 Å². The Labute approximate surface area is 94.4 Å². The standard InChI is InChI=1S/C10H22N2O2S/c1-5-7(2)12-10(13)9(4)15(14)8(3)6-11/h7-9H,5-6,11H2,1-4H3,(H,12,13). The molecule has 90 valence electrons. The molecule has 0 aromatic carbocycles. The summed E-state index contributed by atoms with van der Waals surface area (Å²) in [4.78, 5) is 11.6. The van der Waals surface area contributed by atoms with Gasteiger partial charge in [0.25, 0.3) is 0 Å². The molecule has 0 bridgehead atoms. The Hall–Kier alpha value is -0.420. The van der Waals surface area contributed by atoms with Crippen molar-refractivity contribution < 1.29 is 9.00 Å². The van der Waals surface area contributed by atoms with Gasteiger partial charge in [-0.05, 0) is 27.2 Å². The van der Waals surface area contributed by atoms with Crippen LogP contribution in [0.15, 0.2) is 0 Å². The molecule has 5 heteroatoms. The predicted molar refractivity (Wildman–Crippen MR) is 64.0 cm³/mol. The molecular weight excluding hydrogens is 212 g/mol. The minimum Gasteiger partial charge on any atom is -0.353 e. The van der Waals surface area contributed by atoms with Crippen molar-refractivity contribution in [3.05, 3.63) is 0 Å². The monoisotopic (exact) mass is 234 g/mol. The first-order valence-corrected chi connectivity index (χ1v) is 6.61. The van der Waals surface area contributed by atoms with Crippen LogP contribution in [0.4, 0.5) is 0 Å². The summed E-state index contributed by atoms with van der Waals surface area (Å²) in [6.45, 7) is 7.74. The number of amides is 1. The van der Waals surface area contributed by atoms with Crippen molar-refractivity contribution >= 4 is 16.7 Å². The maximum Gasteiger partial charge on any atom is 0.235 e. The predicted octanol–water partition coefficient (Wildman–Crippen LogP) is 0.386. The lowest BCUT2D eigenvalue weighted by atomic mass is 10.2. The normalized spacial score (nSPS) is 19.0. The van der Waals surface area contributed by atoms with Crippen LogP contribution in [-0.4, -0.2) is 33.2 Å². The number of carbonyl (C=O) groups is 1. The Kier molecular flexibility index (Phi) is 6.76. The summed E-state index contributed by atoms with van der Waals surface area (Å²) in [5, 5.41) is 2.19. The first-order valence-electron chi connectivity index (χ1n) is 5.33. The molecule has 0 saturated carbocycles. The van der Waals surface area contributed by atoms with Crippen LogP contribution in [0.25, 0.3) is 0 Å². The molecule has 3 N–H and O–H groups in total.